The molecule has 6 nitrogen and oxygen atoms in total. The highest BCUT2D eigenvalue weighted by atomic mass is 16.6. The smallest absolute Gasteiger partial charge is 0.340 e. The molecule has 0 spiro atoms. The third-order valence-electron chi connectivity index (χ3n) is 9.73. The normalized spacial score (nSPS) is 12.2. The zero-order valence-electron chi connectivity index (χ0n) is 30.8. The van der Waals surface area contributed by atoms with Gasteiger partial charge in [0.15, 0.2) is 0 Å². The molecule has 3 aromatic heterocycles. The Hall–Kier alpha value is -7.05. The first-order valence-electron chi connectivity index (χ1n) is 18.5. The SMILES string of the molecule is CC(C)(C)OC(=O)c1cc2[nH]c1c(-c1ccccc1)c1nc(c(-c3ccccc3)c3ccc([nH]3)c(-c3ccccc3)c3nc(c2-c2ccccc2)C=C3)C=C1. The lowest BCUT2D eigenvalue weighted by Crippen LogP contribution is -2.23. The standard InChI is InChI=1S/C49H38N4O2/c1-49(2,3)55-48(54)35-30-42-45(33-20-12-6-13-21-33)40-27-26-38(51-40)43(31-16-8-4-9-17-31)36-24-25-37(50-36)44(32-18-10-5-11-19-32)39-28-29-41(52-39)46(47(35)53-42)34-22-14-7-15-23-34/h4-30,50,53H,1-3H3. The van der Waals surface area contributed by atoms with E-state index in [1.807, 2.05) is 118 Å². The summed E-state index contributed by atoms with van der Waals surface area (Å²) in [6, 6.07) is 47.1. The van der Waals surface area contributed by atoms with Gasteiger partial charge in [-0.15, -0.1) is 0 Å². The van der Waals surface area contributed by atoms with Crippen LogP contribution in [0, 0.1) is 0 Å². The van der Waals surface area contributed by atoms with Gasteiger partial charge in [0.05, 0.1) is 33.9 Å². The third kappa shape index (κ3) is 6.48. The number of carbonyl (C=O) groups is 1. The zero-order chi connectivity index (χ0) is 37.5. The van der Waals surface area contributed by atoms with Crippen LogP contribution in [0.4, 0.5) is 0 Å². The van der Waals surface area contributed by atoms with Gasteiger partial charge in [-0.3, -0.25) is 0 Å². The van der Waals surface area contributed by atoms with E-state index in [1.165, 1.54) is 0 Å². The average molecular weight is 715 g/mol. The fraction of sp³-hybridized carbons (Fsp3) is 0.0816. The number of aromatic amines is 2. The number of fused-ring (bicyclic) bond motifs is 8. The quantitative estimate of drug-likeness (QED) is 0.174. The average Bonchev–Trinajstić information content (AvgIpc) is 4.03. The summed E-state index contributed by atoms with van der Waals surface area (Å²) < 4.78 is 6.09. The fourth-order valence-electron chi connectivity index (χ4n) is 7.41. The van der Waals surface area contributed by atoms with Gasteiger partial charge >= 0.3 is 5.97 Å². The van der Waals surface area contributed by atoms with E-state index in [9.17, 15) is 4.79 Å². The molecule has 4 aromatic carbocycles. The van der Waals surface area contributed by atoms with Crippen LogP contribution < -0.4 is 0 Å². The van der Waals surface area contributed by atoms with Crippen LogP contribution in [0.2, 0.25) is 0 Å². The van der Waals surface area contributed by atoms with Gasteiger partial charge in [0.25, 0.3) is 0 Å². The summed E-state index contributed by atoms with van der Waals surface area (Å²) >= 11 is 0. The molecule has 0 amide bonds. The van der Waals surface area contributed by atoms with Crippen molar-refractivity contribution in [2.45, 2.75) is 26.4 Å². The molecule has 0 saturated carbocycles. The number of H-pyrrole nitrogens is 2. The van der Waals surface area contributed by atoms with Crippen molar-refractivity contribution in [1.29, 1.82) is 0 Å². The Morgan fingerprint density at radius 1 is 0.473 bits per heavy atom. The molecule has 0 aliphatic carbocycles. The maximum Gasteiger partial charge on any atom is 0.340 e. The number of benzene rings is 4. The van der Waals surface area contributed by atoms with E-state index in [0.717, 1.165) is 83.8 Å². The molecule has 266 valence electrons. The van der Waals surface area contributed by atoms with Crippen LogP contribution in [0.15, 0.2) is 140 Å². The molecule has 7 aromatic rings. The van der Waals surface area contributed by atoms with Crippen LogP contribution in [0.1, 0.15) is 53.9 Å². The van der Waals surface area contributed by atoms with Crippen LogP contribution in [0.3, 0.4) is 0 Å². The Balaban J connectivity index is 1.52. The second-order valence-electron chi connectivity index (χ2n) is 14.7. The first-order valence-corrected chi connectivity index (χ1v) is 18.5. The van der Waals surface area contributed by atoms with Crippen LogP contribution in [-0.4, -0.2) is 31.5 Å². The highest BCUT2D eigenvalue weighted by Crippen LogP contribution is 2.39. The van der Waals surface area contributed by atoms with E-state index in [2.05, 4.69) is 76.7 Å². The lowest BCUT2D eigenvalue weighted by Gasteiger charge is -2.19. The topological polar surface area (TPSA) is 83.7 Å². The zero-order valence-corrected chi connectivity index (χ0v) is 30.8. The van der Waals surface area contributed by atoms with Crippen LogP contribution in [-0.2, 0) is 4.74 Å². The van der Waals surface area contributed by atoms with E-state index in [-0.39, 0.29) is 0 Å². The maximum atomic E-state index is 14.3. The summed E-state index contributed by atoms with van der Waals surface area (Å²) in [7, 11) is 0. The van der Waals surface area contributed by atoms with Crippen LogP contribution in [0.5, 0.6) is 0 Å². The summed E-state index contributed by atoms with van der Waals surface area (Å²) in [6.07, 6.45) is 8.23. The third-order valence-corrected chi connectivity index (χ3v) is 9.73. The van der Waals surface area contributed by atoms with Gasteiger partial charge in [-0.25, -0.2) is 14.8 Å². The first kappa shape index (κ1) is 33.8. The van der Waals surface area contributed by atoms with E-state index in [1.54, 1.807) is 0 Å². The van der Waals surface area contributed by atoms with E-state index < -0.39 is 11.6 Å². The number of hydrogen-bond acceptors (Lipinski definition) is 4. The molecule has 0 fully saturated rings. The molecule has 0 saturated heterocycles. The van der Waals surface area contributed by atoms with Gasteiger partial charge < -0.3 is 14.7 Å². The molecule has 6 heteroatoms. The number of esters is 1. The van der Waals surface area contributed by atoms with Crippen molar-refractivity contribution in [3.63, 3.8) is 0 Å². The molecule has 5 heterocycles. The van der Waals surface area contributed by atoms with E-state index in [4.69, 9.17) is 14.7 Å². The van der Waals surface area contributed by atoms with E-state index >= 15 is 0 Å². The van der Waals surface area contributed by atoms with Crippen molar-refractivity contribution in [2.75, 3.05) is 0 Å². The summed E-state index contributed by atoms with van der Waals surface area (Å²) in [4.78, 5) is 32.6. The van der Waals surface area contributed by atoms with Crippen LogP contribution >= 0.6 is 0 Å². The number of nitrogens with zero attached hydrogens (tertiary/aromatic N) is 2. The number of aromatic nitrogens is 4. The summed E-state index contributed by atoms with van der Waals surface area (Å²) in [5.74, 6) is -0.429. The Morgan fingerprint density at radius 3 is 1.24 bits per heavy atom. The second kappa shape index (κ2) is 13.7. The Labute approximate surface area is 319 Å². The van der Waals surface area contributed by atoms with Gasteiger partial charge in [-0.1, -0.05) is 121 Å². The minimum atomic E-state index is -0.717. The number of hydrogen-bond donors (Lipinski definition) is 2. The molecule has 0 radical (unpaired) electrons. The van der Waals surface area contributed by atoms with Crippen molar-refractivity contribution in [1.82, 2.24) is 19.9 Å². The maximum absolute atomic E-state index is 14.3. The van der Waals surface area contributed by atoms with Gasteiger partial charge in [-0.2, -0.15) is 0 Å². The van der Waals surface area contributed by atoms with Gasteiger partial charge in [0.1, 0.15) is 5.60 Å². The molecule has 2 N–H and O–H groups in total. The molecule has 0 unspecified atom stereocenters. The highest BCUT2D eigenvalue weighted by molar-refractivity contribution is 6.08. The minimum absolute atomic E-state index is 0.412. The largest absolute Gasteiger partial charge is 0.456 e. The summed E-state index contributed by atoms with van der Waals surface area (Å²) in [6.45, 7) is 5.66. The molecular formula is C49H38N4O2. The summed E-state index contributed by atoms with van der Waals surface area (Å²) in [5.41, 5.74) is 13.5. The van der Waals surface area contributed by atoms with Crippen molar-refractivity contribution in [3.05, 3.63) is 168 Å². The fourth-order valence-corrected chi connectivity index (χ4v) is 7.41. The number of nitrogens with one attached hydrogen (secondary N) is 2. The first-order chi connectivity index (χ1) is 26.8. The summed E-state index contributed by atoms with van der Waals surface area (Å²) in [5, 5.41) is 0. The predicted molar refractivity (Wildman–Crippen MR) is 226 cm³/mol. The van der Waals surface area contributed by atoms with Crippen LogP contribution in [0.25, 0.3) is 90.9 Å². The van der Waals surface area contributed by atoms with Crippen molar-refractivity contribution >= 4 is 52.3 Å². The minimum Gasteiger partial charge on any atom is -0.456 e. The van der Waals surface area contributed by atoms with Crippen molar-refractivity contribution in [2.24, 2.45) is 0 Å². The van der Waals surface area contributed by atoms with Gasteiger partial charge in [0.2, 0.25) is 0 Å². The predicted octanol–water partition coefficient (Wildman–Crippen LogP) is 12.3. The lowest BCUT2D eigenvalue weighted by molar-refractivity contribution is 0.00720. The Morgan fingerprint density at radius 2 is 0.836 bits per heavy atom. The Kier molecular flexibility index (Phi) is 8.43. The second-order valence-corrected chi connectivity index (χ2v) is 14.7. The molecule has 0 atom stereocenters. The molecule has 2 aliphatic heterocycles. The number of rotatable bonds is 5. The molecule has 2 aliphatic rings. The van der Waals surface area contributed by atoms with Gasteiger partial charge in [-0.05, 0) is 85.5 Å². The number of ether oxygens (including phenoxy) is 1. The monoisotopic (exact) mass is 714 g/mol. The van der Waals surface area contributed by atoms with Gasteiger partial charge in [0, 0.05) is 38.8 Å². The molecule has 9 rings (SSSR count). The number of carbonyl (C=O) groups excluding carboxylic acids is 1. The van der Waals surface area contributed by atoms with Crippen molar-refractivity contribution in [3.8, 4) is 44.5 Å². The molecule has 55 heavy (non-hydrogen) atoms. The van der Waals surface area contributed by atoms with Crippen molar-refractivity contribution < 1.29 is 9.53 Å². The Bertz CT molecular complexity index is 2810. The van der Waals surface area contributed by atoms with E-state index in [0.29, 0.717) is 11.1 Å². The molecular weight excluding hydrogens is 677 g/mol. The highest BCUT2D eigenvalue weighted by Gasteiger charge is 2.25. The molecule has 8 bridgehead atoms. The lowest BCUT2D eigenvalue weighted by atomic mass is 10.0.